The Morgan fingerprint density at radius 3 is 2.84 bits per heavy atom. The lowest BCUT2D eigenvalue weighted by atomic mass is 10.0. The second kappa shape index (κ2) is 5.82. The summed E-state index contributed by atoms with van der Waals surface area (Å²) >= 11 is 0. The minimum absolute atomic E-state index is 0.127. The van der Waals surface area contributed by atoms with Crippen LogP contribution in [0, 0.1) is 6.92 Å². The van der Waals surface area contributed by atoms with Crippen LogP contribution in [-0.2, 0) is 16.0 Å². The van der Waals surface area contributed by atoms with Crippen LogP contribution in [0.1, 0.15) is 30.5 Å². The molecule has 1 N–H and O–H groups in total. The van der Waals surface area contributed by atoms with Gasteiger partial charge in [0.15, 0.2) is 0 Å². The van der Waals surface area contributed by atoms with Crippen molar-refractivity contribution in [2.24, 2.45) is 0 Å². The average molecular weight is 262 g/mol. The normalized spacial score (nSPS) is 19.2. The maximum atomic E-state index is 12.2. The first-order chi connectivity index (χ1) is 9.08. The minimum Gasteiger partial charge on any atom is -0.480 e. The number of pyridine rings is 1. The van der Waals surface area contributed by atoms with Crippen LogP contribution in [-0.4, -0.2) is 39.5 Å². The number of rotatable bonds is 3. The highest BCUT2D eigenvalue weighted by atomic mass is 16.4. The molecule has 0 bridgehead atoms. The molecule has 0 spiro atoms. The molecule has 1 aromatic heterocycles. The SMILES string of the molecule is Cc1ccc(CC(=O)N2CCCC[C@H]2C(=O)O)cn1. The third-order valence-corrected chi connectivity index (χ3v) is 3.44. The van der Waals surface area contributed by atoms with Crippen molar-refractivity contribution < 1.29 is 14.7 Å². The lowest BCUT2D eigenvalue weighted by Crippen LogP contribution is -2.48. The Morgan fingerprint density at radius 1 is 1.42 bits per heavy atom. The van der Waals surface area contributed by atoms with Gasteiger partial charge in [-0.2, -0.15) is 0 Å². The molecular weight excluding hydrogens is 244 g/mol. The topological polar surface area (TPSA) is 70.5 Å². The summed E-state index contributed by atoms with van der Waals surface area (Å²) in [5.74, 6) is -1.03. The molecule has 1 saturated heterocycles. The van der Waals surface area contributed by atoms with Gasteiger partial charge in [0.05, 0.1) is 6.42 Å². The number of carbonyl (C=O) groups excluding carboxylic acids is 1. The summed E-state index contributed by atoms with van der Waals surface area (Å²) in [4.78, 5) is 29.0. The number of aryl methyl sites for hydroxylation is 1. The number of hydrogen-bond acceptors (Lipinski definition) is 3. The van der Waals surface area contributed by atoms with E-state index in [9.17, 15) is 9.59 Å². The molecule has 1 aliphatic heterocycles. The fraction of sp³-hybridized carbons (Fsp3) is 0.500. The number of carboxylic acids is 1. The van der Waals surface area contributed by atoms with E-state index >= 15 is 0 Å². The minimum atomic E-state index is -0.907. The molecule has 1 aromatic rings. The number of piperidine rings is 1. The molecule has 0 saturated carbocycles. The molecule has 1 amide bonds. The zero-order valence-corrected chi connectivity index (χ0v) is 11.0. The zero-order chi connectivity index (χ0) is 13.8. The fourth-order valence-corrected chi connectivity index (χ4v) is 2.37. The van der Waals surface area contributed by atoms with Gasteiger partial charge in [0.1, 0.15) is 6.04 Å². The zero-order valence-electron chi connectivity index (χ0n) is 11.0. The van der Waals surface area contributed by atoms with Crippen molar-refractivity contribution in [3.05, 3.63) is 29.6 Å². The van der Waals surface area contributed by atoms with Crippen LogP contribution in [0.4, 0.5) is 0 Å². The van der Waals surface area contributed by atoms with E-state index in [-0.39, 0.29) is 12.3 Å². The molecule has 0 aromatic carbocycles. The third-order valence-electron chi connectivity index (χ3n) is 3.44. The maximum absolute atomic E-state index is 12.2. The summed E-state index contributed by atoms with van der Waals surface area (Å²) in [5, 5.41) is 9.15. The molecule has 0 radical (unpaired) electrons. The number of amides is 1. The molecule has 1 fully saturated rings. The van der Waals surface area contributed by atoms with Crippen LogP contribution in [0.25, 0.3) is 0 Å². The van der Waals surface area contributed by atoms with E-state index in [1.165, 1.54) is 4.90 Å². The van der Waals surface area contributed by atoms with Gasteiger partial charge in [-0.15, -0.1) is 0 Å². The van der Waals surface area contributed by atoms with E-state index in [1.807, 2.05) is 19.1 Å². The number of likely N-dealkylation sites (tertiary alicyclic amines) is 1. The predicted molar refractivity (Wildman–Crippen MR) is 69.7 cm³/mol. The Balaban J connectivity index is 2.05. The molecule has 2 heterocycles. The molecule has 1 aliphatic rings. The number of hydrogen-bond donors (Lipinski definition) is 1. The molecule has 0 unspecified atom stereocenters. The van der Waals surface area contributed by atoms with Crippen molar-refractivity contribution in [1.82, 2.24) is 9.88 Å². The van der Waals surface area contributed by atoms with Crippen molar-refractivity contribution in [3.63, 3.8) is 0 Å². The van der Waals surface area contributed by atoms with E-state index in [4.69, 9.17) is 5.11 Å². The van der Waals surface area contributed by atoms with Gasteiger partial charge in [-0.25, -0.2) is 4.79 Å². The molecule has 0 aliphatic carbocycles. The summed E-state index contributed by atoms with van der Waals surface area (Å²) in [6, 6.07) is 3.05. The van der Waals surface area contributed by atoms with Crippen LogP contribution < -0.4 is 0 Å². The van der Waals surface area contributed by atoms with Gasteiger partial charge in [-0.3, -0.25) is 9.78 Å². The van der Waals surface area contributed by atoms with Crippen LogP contribution in [0.2, 0.25) is 0 Å². The highest BCUT2D eigenvalue weighted by Crippen LogP contribution is 2.18. The number of aromatic nitrogens is 1. The van der Waals surface area contributed by atoms with Crippen LogP contribution in [0.15, 0.2) is 18.3 Å². The summed E-state index contributed by atoms with van der Waals surface area (Å²) in [7, 11) is 0. The van der Waals surface area contributed by atoms with Crippen molar-refractivity contribution in [2.75, 3.05) is 6.54 Å². The van der Waals surface area contributed by atoms with Gasteiger partial charge >= 0.3 is 5.97 Å². The van der Waals surface area contributed by atoms with E-state index in [1.54, 1.807) is 6.20 Å². The molecule has 19 heavy (non-hydrogen) atoms. The molecule has 1 atom stereocenters. The highest BCUT2D eigenvalue weighted by molar-refractivity contribution is 5.85. The maximum Gasteiger partial charge on any atom is 0.326 e. The van der Waals surface area contributed by atoms with Crippen LogP contribution >= 0.6 is 0 Å². The van der Waals surface area contributed by atoms with Gasteiger partial charge in [-0.05, 0) is 37.8 Å². The van der Waals surface area contributed by atoms with E-state index in [0.717, 1.165) is 24.1 Å². The Bertz CT molecular complexity index is 470. The highest BCUT2D eigenvalue weighted by Gasteiger charge is 2.31. The monoisotopic (exact) mass is 262 g/mol. The van der Waals surface area contributed by atoms with Crippen molar-refractivity contribution in [1.29, 1.82) is 0 Å². The van der Waals surface area contributed by atoms with Gasteiger partial charge < -0.3 is 10.0 Å². The Morgan fingerprint density at radius 2 is 2.21 bits per heavy atom. The standard InChI is InChI=1S/C14H18N2O3/c1-10-5-6-11(9-15-10)8-13(17)16-7-3-2-4-12(16)14(18)19/h5-6,9,12H,2-4,7-8H2,1H3,(H,18,19)/t12-/m0/s1. The number of carboxylic acid groups (broad SMARTS) is 1. The first-order valence-electron chi connectivity index (χ1n) is 6.52. The van der Waals surface area contributed by atoms with Gasteiger partial charge in [0.25, 0.3) is 0 Å². The van der Waals surface area contributed by atoms with Gasteiger partial charge in [0, 0.05) is 18.4 Å². The lowest BCUT2D eigenvalue weighted by molar-refractivity contribution is -0.151. The number of aliphatic carboxylic acids is 1. The predicted octanol–water partition coefficient (Wildman–Crippen LogP) is 1.40. The first-order valence-corrected chi connectivity index (χ1v) is 6.52. The van der Waals surface area contributed by atoms with Crippen molar-refractivity contribution in [3.8, 4) is 0 Å². The number of nitrogens with zero attached hydrogens (tertiary/aromatic N) is 2. The second-order valence-electron chi connectivity index (χ2n) is 4.92. The summed E-state index contributed by atoms with van der Waals surface area (Å²) in [5.41, 5.74) is 1.72. The Labute approximate surface area is 112 Å². The van der Waals surface area contributed by atoms with Gasteiger partial charge in [0.2, 0.25) is 5.91 Å². The van der Waals surface area contributed by atoms with Crippen LogP contribution in [0.5, 0.6) is 0 Å². The third kappa shape index (κ3) is 3.30. The Kier molecular flexibility index (Phi) is 4.14. The van der Waals surface area contributed by atoms with Crippen molar-refractivity contribution >= 4 is 11.9 Å². The van der Waals surface area contributed by atoms with E-state index in [0.29, 0.717) is 13.0 Å². The van der Waals surface area contributed by atoms with Crippen LogP contribution in [0.3, 0.4) is 0 Å². The molecular formula is C14H18N2O3. The van der Waals surface area contributed by atoms with Gasteiger partial charge in [-0.1, -0.05) is 6.07 Å². The summed E-state index contributed by atoms with van der Waals surface area (Å²) in [6.45, 7) is 2.42. The Hall–Kier alpha value is -1.91. The average Bonchev–Trinajstić information content (AvgIpc) is 2.41. The largest absolute Gasteiger partial charge is 0.480 e. The molecule has 5 heteroatoms. The fourth-order valence-electron chi connectivity index (χ4n) is 2.37. The smallest absolute Gasteiger partial charge is 0.326 e. The lowest BCUT2D eigenvalue weighted by Gasteiger charge is -2.33. The second-order valence-corrected chi connectivity index (χ2v) is 4.92. The molecule has 2 rings (SSSR count). The molecule has 102 valence electrons. The van der Waals surface area contributed by atoms with E-state index in [2.05, 4.69) is 4.98 Å². The summed E-state index contributed by atoms with van der Waals surface area (Å²) in [6.07, 6.45) is 4.19. The van der Waals surface area contributed by atoms with E-state index < -0.39 is 12.0 Å². The first kappa shape index (κ1) is 13.5. The van der Waals surface area contributed by atoms with Crippen molar-refractivity contribution in [2.45, 2.75) is 38.6 Å². The quantitative estimate of drug-likeness (QED) is 0.893. The molecule has 5 nitrogen and oxygen atoms in total. The number of carbonyl (C=O) groups is 2. The summed E-state index contributed by atoms with van der Waals surface area (Å²) < 4.78 is 0.